The lowest BCUT2D eigenvalue weighted by molar-refractivity contribution is -0.150. The van der Waals surface area contributed by atoms with Crippen LogP contribution >= 0.6 is 0 Å². The van der Waals surface area contributed by atoms with Gasteiger partial charge in [0.15, 0.2) is 0 Å². The van der Waals surface area contributed by atoms with Gasteiger partial charge >= 0.3 is 5.97 Å². The molecule has 0 aromatic rings. The van der Waals surface area contributed by atoms with Crippen LogP contribution in [0.5, 0.6) is 0 Å². The number of rotatable bonds is 42. The molecular weight excluding hydrogens is 671 g/mol. The number of aliphatic hydroxyl groups is 2. The maximum atomic E-state index is 13.1. The number of ether oxygens (including phenoxy) is 1. The zero-order valence-corrected chi connectivity index (χ0v) is 36.1. The van der Waals surface area contributed by atoms with Gasteiger partial charge in [-0.05, 0) is 44.9 Å². The molecule has 0 aromatic heterocycles. The Bertz CT molecular complexity index is 858. The topological polar surface area (TPSA) is 95.9 Å². The van der Waals surface area contributed by atoms with E-state index < -0.39 is 18.2 Å². The average Bonchev–Trinajstić information content (AvgIpc) is 3.16. The van der Waals surface area contributed by atoms with Crippen molar-refractivity contribution < 1.29 is 24.5 Å². The lowest BCUT2D eigenvalue weighted by Crippen LogP contribution is -2.46. The summed E-state index contributed by atoms with van der Waals surface area (Å²) >= 11 is 0. The SMILES string of the molecule is CCCCCCCC/C=C\C/C=C/CCC(=O)OC(CCCCCCCCCCCCCC)CC(=O)NC(CO)C(O)CCCCCCCCCCCC. The van der Waals surface area contributed by atoms with Crippen molar-refractivity contribution in [3.05, 3.63) is 24.3 Å². The maximum Gasteiger partial charge on any atom is 0.306 e. The molecule has 0 spiro atoms. The molecule has 0 saturated carbocycles. The zero-order valence-electron chi connectivity index (χ0n) is 36.1. The molecule has 0 aromatic carbocycles. The van der Waals surface area contributed by atoms with Crippen LogP contribution in [0, 0.1) is 0 Å². The van der Waals surface area contributed by atoms with Crippen LogP contribution in [0.1, 0.15) is 245 Å². The van der Waals surface area contributed by atoms with E-state index in [1.165, 1.54) is 148 Å². The summed E-state index contributed by atoms with van der Waals surface area (Å²) < 4.78 is 5.87. The van der Waals surface area contributed by atoms with E-state index in [-0.39, 0.29) is 24.9 Å². The van der Waals surface area contributed by atoms with Crippen LogP contribution in [0.25, 0.3) is 0 Å². The second-order valence-electron chi connectivity index (χ2n) is 16.2. The van der Waals surface area contributed by atoms with Gasteiger partial charge < -0.3 is 20.3 Å². The fourth-order valence-corrected chi connectivity index (χ4v) is 7.19. The Balaban J connectivity index is 4.64. The van der Waals surface area contributed by atoms with E-state index in [0.29, 0.717) is 25.7 Å². The molecule has 0 rings (SSSR count). The quantitative estimate of drug-likeness (QED) is 0.0327. The summed E-state index contributed by atoms with van der Waals surface area (Å²) in [6.07, 6.45) is 46.7. The van der Waals surface area contributed by atoms with Crippen LogP contribution in [0.2, 0.25) is 0 Å². The second-order valence-corrected chi connectivity index (χ2v) is 16.2. The fraction of sp³-hybridized carbons (Fsp3) is 0.875. The minimum Gasteiger partial charge on any atom is -0.462 e. The van der Waals surface area contributed by atoms with Gasteiger partial charge in [-0.1, -0.05) is 212 Å². The van der Waals surface area contributed by atoms with Gasteiger partial charge in [0.2, 0.25) is 5.91 Å². The van der Waals surface area contributed by atoms with Crippen molar-refractivity contribution in [1.29, 1.82) is 0 Å². The van der Waals surface area contributed by atoms with Gasteiger partial charge in [0.1, 0.15) is 6.10 Å². The molecule has 0 heterocycles. The lowest BCUT2D eigenvalue weighted by atomic mass is 10.0. The summed E-state index contributed by atoms with van der Waals surface area (Å²) in [5.74, 6) is -0.546. The van der Waals surface area contributed by atoms with Crippen LogP contribution in [0.4, 0.5) is 0 Å². The smallest absolute Gasteiger partial charge is 0.306 e. The van der Waals surface area contributed by atoms with Crippen molar-refractivity contribution in [3.8, 4) is 0 Å². The number of carbonyl (C=O) groups is 2. The Morgan fingerprint density at radius 1 is 0.537 bits per heavy atom. The molecule has 0 aliphatic carbocycles. The van der Waals surface area contributed by atoms with Gasteiger partial charge in [0.25, 0.3) is 0 Å². The van der Waals surface area contributed by atoms with E-state index in [4.69, 9.17) is 4.74 Å². The van der Waals surface area contributed by atoms with Crippen molar-refractivity contribution in [2.45, 2.75) is 264 Å². The summed E-state index contributed by atoms with van der Waals surface area (Å²) in [5, 5.41) is 23.6. The number of allylic oxidation sites excluding steroid dienone is 4. The summed E-state index contributed by atoms with van der Waals surface area (Å²) in [6.45, 7) is 6.45. The molecular formula is C48H91NO5. The van der Waals surface area contributed by atoms with Crippen LogP contribution in [0.15, 0.2) is 24.3 Å². The standard InChI is InChI=1S/C48H91NO5/c1-4-7-10-13-16-19-22-24-26-29-32-35-38-41-48(53)54-44(39-36-33-30-27-25-23-20-17-14-11-8-5-2)42-47(52)49-45(43-50)46(51)40-37-34-31-28-21-18-15-12-9-6-3/h24,26,32,35,44-46,50-51H,4-23,25,27-31,33-34,36-43H2,1-3H3,(H,49,52)/b26-24-,35-32+. The number of hydrogen-bond acceptors (Lipinski definition) is 5. The van der Waals surface area contributed by atoms with Crippen molar-refractivity contribution in [2.75, 3.05) is 6.61 Å². The third-order valence-electron chi connectivity index (χ3n) is 10.8. The first-order valence-corrected chi connectivity index (χ1v) is 23.6. The summed E-state index contributed by atoms with van der Waals surface area (Å²) in [4.78, 5) is 25.9. The number of unbranched alkanes of at least 4 members (excludes halogenated alkanes) is 26. The largest absolute Gasteiger partial charge is 0.462 e. The van der Waals surface area contributed by atoms with Gasteiger partial charge in [-0.2, -0.15) is 0 Å². The van der Waals surface area contributed by atoms with Crippen molar-refractivity contribution in [3.63, 3.8) is 0 Å². The van der Waals surface area contributed by atoms with Crippen LogP contribution < -0.4 is 5.32 Å². The molecule has 1 amide bonds. The van der Waals surface area contributed by atoms with E-state index in [9.17, 15) is 19.8 Å². The highest BCUT2D eigenvalue weighted by Crippen LogP contribution is 2.17. The Labute approximate surface area is 335 Å². The Morgan fingerprint density at radius 3 is 1.41 bits per heavy atom. The minimum atomic E-state index is -0.789. The molecule has 6 nitrogen and oxygen atoms in total. The van der Waals surface area contributed by atoms with Crippen molar-refractivity contribution in [2.24, 2.45) is 0 Å². The predicted octanol–water partition coefficient (Wildman–Crippen LogP) is 13.6. The summed E-state index contributed by atoms with van der Waals surface area (Å²) in [7, 11) is 0. The normalized spacial score (nSPS) is 13.5. The van der Waals surface area contributed by atoms with Crippen LogP contribution in [-0.4, -0.2) is 46.9 Å². The molecule has 0 saturated heterocycles. The highest BCUT2D eigenvalue weighted by atomic mass is 16.5. The molecule has 3 N–H and O–H groups in total. The minimum absolute atomic E-state index is 0.0600. The lowest BCUT2D eigenvalue weighted by Gasteiger charge is -2.24. The summed E-state index contributed by atoms with van der Waals surface area (Å²) in [5.41, 5.74) is 0. The molecule has 0 aliphatic rings. The zero-order chi connectivity index (χ0) is 39.6. The highest BCUT2D eigenvalue weighted by molar-refractivity contribution is 5.77. The van der Waals surface area contributed by atoms with Crippen molar-refractivity contribution in [1.82, 2.24) is 5.32 Å². The van der Waals surface area contributed by atoms with E-state index in [1.807, 2.05) is 6.08 Å². The molecule has 3 atom stereocenters. The molecule has 54 heavy (non-hydrogen) atoms. The van der Waals surface area contributed by atoms with Crippen LogP contribution in [-0.2, 0) is 14.3 Å². The van der Waals surface area contributed by atoms with E-state index in [2.05, 4.69) is 44.3 Å². The number of carbonyl (C=O) groups excluding carboxylic acids is 2. The van der Waals surface area contributed by atoms with Gasteiger partial charge in [0.05, 0.1) is 25.2 Å². The van der Waals surface area contributed by atoms with Gasteiger partial charge in [-0.25, -0.2) is 0 Å². The molecule has 0 fully saturated rings. The molecule has 3 unspecified atom stereocenters. The van der Waals surface area contributed by atoms with Gasteiger partial charge in [0, 0.05) is 6.42 Å². The number of aliphatic hydroxyl groups excluding tert-OH is 2. The molecule has 0 radical (unpaired) electrons. The van der Waals surface area contributed by atoms with E-state index >= 15 is 0 Å². The Hall–Kier alpha value is -1.66. The van der Waals surface area contributed by atoms with Crippen molar-refractivity contribution >= 4 is 11.9 Å². The molecule has 6 heteroatoms. The average molecular weight is 762 g/mol. The monoisotopic (exact) mass is 762 g/mol. The second kappa shape index (κ2) is 42.5. The third-order valence-corrected chi connectivity index (χ3v) is 10.8. The highest BCUT2D eigenvalue weighted by Gasteiger charge is 2.24. The Morgan fingerprint density at radius 2 is 0.944 bits per heavy atom. The predicted molar refractivity (Wildman–Crippen MR) is 232 cm³/mol. The van der Waals surface area contributed by atoms with Crippen LogP contribution in [0.3, 0.4) is 0 Å². The van der Waals surface area contributed by atoms with Gasteiger partial charge in [-0.15, -0.1) is 0 Å². The number of amides is 1. The summed E-state index contributed by atoms with van der Waals surface area (Å²) in [6, 6.07) is -0.705. The Kier molecular flexibility index (Phi) is 41.2. The third kappa shape index (κ3) is 37.3. The first kappa shape index (κ1) is 52.3. The number of nitrogens with one attached hydrogen (secondary N) is 1. The number of esters is 1. The van der Waals surface area contributed by atoms with Gasteiger partial charge in [-0.3, -0.25) is 9.59 Å². The molecule has 318 valence electrons. The first-order valence-electron chi connectivity index (χ1n) is 23.6. The van der Waals surface area contributed by atoms with E-state index in [0.717, 1.165) is 44.9 Å². The maximum absolute atomic E-state index is 13.1. The number of hydrogen-bond donors (Lipinski definition) is 3. The molecule has 0 aliphatic heterocycles. The first-order chi connectivity index (χ1) is 26.5. The fourth-order valence-electron chi connectivity index (χ4n) is 7.19. The van der Waals surface area contributed by atoms with E-state index in [1.54, 1.807) is 0 Å². The molecule has 0 bridgehead atoms.